The Bertz CT molecular complexity index is 346. The monoisotopic (exact) mass is 188 g/mol. The molecule has 0 aliphatic heterocycles. The third-order valence-electron chi connectivity index (χ3n) is 3.50. The maximum atomic E-state index is 11.8. The molecule has 74 valence electrons. The van der Waals surface area contributed by atoms with E-state index in [-0.39, 0.29) is 5.41 Å². The van der Waals surface area contributed by atoms with Crippen LogP contribution in [0.25, 0.3) is 0 Å². The van der Waals surface area contributed by atoms with E-state index in [0.29, 0.717) is 5.78 Å². The maximum absolute atomic E-state index is 11.8. The van der Waals surface area contributed by atoms with Crippen LogP contribution in [-0.4, -0.2) is 5.78 Å². The molecular weight excluding hydrogens is 172 g/mol. The third-order valence-corrected chi connectivity index (χ3v) is 3.50. The standard InChI is InChI=1S/C13H16O/c1-3-10-7-8-13(2)11(9-10)5-4-6-12(13)14/h3,5,9H,1,4,6-8H2,2H3/t13-/m0/s1. The van der Waals surface area contributed by atoms with Crippen LogP contribution in [0.4, 0.5) is 0 Å². The number of hydrogen-bond donors (Lipinski definition) is 0. The Labute approximate surface area is 85.2 Å². The SMILES string of the molecule is C=CC1=CC2=CCCC(=O)[C@@]2(C)CC1. The van der Waals surface area contributed by atoms with E-state index in [9.17, 15) is 4.79 Å². The molecule has 0 N–H and O–H groups in total. The summed E-state index contributed by atoms with van der Waals surface area (Å²) >= 11 is 0. The van der Waals surface area contributed by atoms with Crippen molar-refractivity contribution in [3.63, 3.8) is 0 Å². The fraction of sp³-hybridized carbons (Fsp3) is 0.462. The molecule has 0 spiro atoms. The molecule has 0 radical (unpaired) electrons. The van der Waals surface area contributed by atoms with Crippen molar-refractivity contribution in [3.8, 4) is 0 Å². The van der Waals surface area contributed by atoms with Gasteiger partial charge in [0.05, 0.1) is 5.41 Å². The first-order valence-electron chi connectivity index (χ1n) is 5.24. The van der Waals surface area contributed by atoms with E-state index in [1.54, 1.807) is 0 Å². The minimum atomic E-state index is -0.190. The summed E-state index contributed by atoms with van der Waals surface area (Å²) in [7, 11) is 0. The average Bonchev–Trinajstić information content (AvgIpc) is 2.19. The summed E-state index contributed by atoms with van der Waals surface area (Å²) in [5.74, 6) is 0.411. The van der Waals surface area contributed by atoms with E-state index in [2.05, 4.69) is 25.7 Å². The van der Waals surface area contributed by atoms with Gasteiger partial charge in [0.1, 0.15) is 5.78 Å². The highest BCUT2D eigenvalue weighted by Gasteiger charge is 2.39. The van der Waals surface area contributed by atoms with Crippen molar-refractivity contribution in [2.75, 3.05) is 0 Å². The zero-order chi connectivity index (χ0) is 10.2. The van der Waals surface area contributed by atoms with E-state index < -0.39 is 0 Å². The molecule has 0 saturated carbocycles. The molecule has 2 rings (SSSR count). The first-order chi connectivity index (χ1) is 6.66. The summed E-state index contributed by atoms with van der Waals surface area (Å²) in [5.41, 5.74) is 2.29. The topological polar surface area (TPSA) is 17.1 Å². The van der Waals surface area contributed by atoms with Crippen LogP contribution in [0.3, 0.4) is 0 Å². The molecule has 0 aromatic heterocycles. The lowest BCUT2D eigenvalue weighted by Gasteiger charge is -2.36. The van der Waals surface area contributed by atoms with Gasteiger partial charge >= 0.3 is 0 Å². The first kappa shape index (κ1) is 9.45. The summed E-state index contributed by atoms with van der Waals surface area (Å²) in [5, 5.41) is 0. The summed E-state index contributed by atoms with van der Waals surface area (Å²) in [6, 6.07) is 0. The number of hydrogen-bond acceptors (Lipinski definition) is 1. The third kappa shape index (κ3) is 1.28. The highest BCUT2D eigenvalue weighted by molar-refractivity contribution is 5.90. The predicted octanol–water partition coefficient (Wildman–Crippen LogP) is 3.19. The zero-order valence-corrected chi connectivity index (χ0v) is 8.68. The number of carbonyl (C=O) groups is 1. The highest BCUT2D eigenvalue weighted by atomic mass is 16.1. The molecule has 0 heterocycles. The molecule has 0 aromatic carbocycles. The Kier molecular flexibility index (Phi) is 2.18. The predicted molar refractivity (Wildman–Crippen MR) is 57.9 cm³/mol. The van der Waals surface area contributed by atoms with Gasteiger partial charge < -0.3 is 0 Å². The Morgan fingerprint density at radius 3 is 3.00 bits per heavy atom. The number of carbonyl (C=O) groups excluding carboxylic acids is 1. The molecule has 2 aliphatic rings. The number of Topliss-reactive ketones (excluding diaryl/α,β-unsaturated/α-hetero) is 1. The molecule has 2 aliphatic carbocycles. The summed E-state index contributed by atoms with van der Waals surface area (Å²) in [4.78, 5) is 11.8. The lowest BCUT2D eigenvalue weighted by Crippen LogP contribution is -2.33. The summed E-state index contributed by atoms with van der Waals surface area (Å²) in [6.07, 6.45) is 9.83. The molecule has 0 aromatic rings. The van der Waals surface area contributed by atoms with E-state index >= 15 is 0 Å². The van der Waals surface area contributed by atoms with Gasteiger partial charge in [-0.2, -0.15) is 0 Å². The van der Waals surface area contributed by atoms with Gasteiger partial charge in [0.25, 0.3) is 0 Å². The van der Waals surface area contributed by atoms with Crippen molar-refractivity contribution >= 4 is 5.78 Å². The fourth-order valence-corrected chi connectivity index (χ4v) is 2.35. The smallest absolute Gasteiger partial charge is 0.143 e. The average molecular weight is 188 g/mol. The van der Waals surface area contributed by atoms with Gasteiger partial charge in [-0.1, -0.05) is 24.8 Å². The van der Waals surface area contributed by atoms with Crippen LogP contribution in [0.5, 0.6) is 0 Å². The molecule has 0 amide bonds. The fourth-order valence-electron chi connectivity index (χ4n) is 2.35. The second kappa shape index (κ2) is 3.23. The Hall–Kier alpha value is -1.11. The van der Waals surface area contributed by atoms with Gasteiger partial charge in [0.15, 0.2) is 0 Å². The molecule has 1 heteroatoms. The highest BCUT2D eigenvalue weighted by Crippen LogP contribution is 2.43. The van der Waals surface area contributed by atoms with Crippen LogP contribution in [0, 0.1) is 5.41 Å². The number of rotatable bonds is 1. The van der Waals surface area contributed by atoms with Crippen molar-refractivity contribution in [2.45, 2.75) is 32.6 Å². The van der Waals surface area contributed by atoms with Gasteiger partial charge in [-0.15, -0.1) is 0 Å². The van der Waals surface area contributed by atoms with Crippen LogP contribution in [0.1, 0.15) is 32.6 Å². The van der Waals surface area contributed by atoms with Gasteiger partial charge in [-0.05, 0) is 37.3 Å². The molecule has 0 bridgehead atoms. The van der Waals surface area contributed by atoms with Gasteiger partial charge in [0, 0.05) is 6.42 Å². The van der Waals surface area contributed by atoms with Crippen LogP contribution in [0.2, 0.25) is 0 Å². The van der Waals surface area contributed by atoms with Crippen molar-refractivity contribution in [1.82, 2.24) is 0 Å². The van der Waals surface area contributed by atoms with Crippen molar-refractivity contribution in [1.29, 1.82) is 0 Å². The largest absolute Gasteiger partial charge is 0.299 e. The molecule has 0 fully saturated rings. The van der Waals surface area contributed by atoms with E-state index in [1.165, 1.54) is 11.1 Å². The van der Waals surface area contributed by atoms with Crippen LogP contribution in [-0.2, 0) is 4.79 Å². The minimum absolute atomic E-state index is 0.190. The first-order valence-corrected chi connectivity index (χ1v) is 5.24. The van der Waals surface area contributed by atoms with E-state index in [1.807, 2.05) is 6.08 Å². The zero-order valence-electron chi connectivity index (χ0n) is 8.68. The molecule has 1 atom stereocenters. The van der Waals surface area contributed by atoms with Crippen LogP contribution >= 0.6 is 0 Å². The maximum Gasteiger partial charge on any atom is 0.143 e. The number of ketones is 1. The summed E-state index contributed by atoms with van der Waals surface area (Å²) in [6.45, 7) is 5.86. The lowest BCUT2D eigenvalue weighted by atomic mass is 9.66. The molecular formula is C13H16O. The summed E-state index contributed by atoms with van der Waals surface area (Å²) < 4.78 is 0. The van der Waals surface area contributed by atoms with Crippen LogP contribution in [0.15, 0.2) is 36.0 Å². The second-order valence-corrected chi connectivity index (χ2v) is 4.38. The number of allylic oxidation sites excluding steroid dienone is 5. The lowest BCUT2D eigenvalue weighted by molar-refractivity contribution is -0.126. The molecule has 0 saturated heterocycles. The normalized spacial score (nSPS) is 31.6. The van der Waals surface area contributed by atoms with Gasteiger partial charge in [0.2, 0.25) is 0 Å². The molecule has 14 heavy (non-hydrogen) atoms. The van der Waals surface area contributed by atoms with Crippen LogP contribution < -0.4 is 0 Å². The van der Waals surface area contributed by atoms with Gasteiger partial charge in [-0.25, -0.2) is 0 Å². The van der Waals surface area contributed by atoms with Gasteiger partial charge in [-0.3, -0.25) is 4.79 Å². The van der Waals surface area contributed by atoms with E-state index in [4.69, 9.17) is 0 Å². The Morgan fingerprint density at radius 1 is 1.50 bits per heavy atom. The number of fused-ring (bicyclic) bond motifs is 1. The Balaban J connectivity index is 2.43. The minimum Gasteiger partial charge on any atom is -0.299 e. The quantitative estimate of drug-likeness (QED) is 0.617. The second-order valence-electron chi connectivity index (χ2n) is 4.38. The Morgan fingerprint density at radius 2 is 2.29 bits per heavy atom. The molecule has 1 nitrogen and oxygen atoms in total. The van der Waals surface area contributed by atoms with Crippen molar-refractivity contribution in [3.05, 3.63) is 36.0 Å². The molecule has 0 unspecified atom stereocenters. The van der Waals surface area contributed by atoms with Crippen molar-refractivity contribution < 1.29 is 4.79 Å². The van der Waals surface area contributed by atoms with Crippen molar-refractivity contribution in [2.24, 2.45) is 5.41 Å². The van der Waals surface area contributed by atoms with E-state index in [0.717, 1.165) is 25.7 Å².